The maximum atomic E-state index is 9.68. The average Bonchev–Trinajstić information content (AvgIpc) is 2.99. The van der Waals surface area contributed by atoms with Gasteiger partial charge < -0.3 is 15.7 Å². The van der Waals surface area contributed by atoms with Crippen LogP contribution in [-0.2, 0) is 13.1 Å². The summed E-state index contributed by atoms with van der Waals surface area (Å²) in [5, 5.41) is 9.68. The Labute approximate surface area is 138 Å². The number of aliphatic hydroxyl groups is 1. The van der Waals surface area contributed by atoms with Crippen molar-refractivity contribution in [2.75, 3.05) is 26.2 Å². The van der Waals surface area contributed by atoms with Crippen LogP contribution in [0.15, 0.2) is 29.3 Å². The zero-order valence-electron chi connectivity index (χ0n) is 13.8. The molecule has 1 aromatic rings. The first-order valence-electron chi connectivity index (χ1n) is 8.74. The van der Waals surface area contributed by atoms with Gasteiger partial charge in [0.15, 0.2) is 5.96 Å². The lowest BCUT2D eigenvalue weighted by Crippen LogP contribution is -2.40. The van der Waals surface area contributed by atoms with Crippen molar-refractivity contribution in [2.45, 2.75) is 44.9 Å². The van der Waals surface area contributed by atoms with Crippen molar-refractivity contribution >= 4 is 5.96 Å². The van der Waals surface area contributed by atoms with Crippen molar-refractivity contribution in [1.29, 1.82) is 0 Å². The highest BCUT2D eigenvalue weighted by Crippen LogP contribution is 2.17. The molecule has 0 aromatic heterocycles. The summed E-state index contributed by atoms with van der Waals surface area (Å²) in [4.78, 5) is 9.12. The second kappa shape index (κ2) is 7.79. The second-order valence-corrected chi connectivity index (χ2v) is 6.67. The molecule has 23 heavy (non-hydrogen) atoms. The van der Waals surface area contributed by atoms with Gasteiger partial charge in [-0.3, -0.25) is 4.90 Å². The molecule has 2 heterocycles. The highest BCUT2D eigenvalue weighted by Gasteiger charge is 2.20. The molecule has 2 aliphatic rings. The van der Waals surface area contributed by atoms with E-state index in [-0.39, 0.29) is 6.10 Å². The molecule has 0 saturated carbocycles. The third kappa shape index (κ3) is 4.45. The van der Waals surface area contributed by atoms with Crippen LogP contribution in [0.4, 0.5) is 0 Å². The number of guanidine groups is 1. The standard InChI is InChI=1S/C18H28N4O/c19-18(22-9-4-1-5-10-22)20-12-15-6-2-3-7-16(15)13-21-11-8-17(23)14-21/h2-3,6-7,17,23H,1,4-5,8-14H2,(H2,19,20). The van der Waals surface area contributed by atoms with Gasteiger partial charge in [0, 0.05) is 32.7 Å². The molecule has 0 amide bonds. The fraction of sp³-hybridized carbons (Fsp3) is 0.611. The number of hydrogen-bond donors (Lipinski definition) is 2. The topological polar surface area (TPSA) is 65.1 Å². The first kappa shape index (κ1) is 16.3. The van der Waals surface area contributed by atoms with Crippen molar-refractivity contribution in [3.8, 4) is 0 Å². The Morgan fingerprint density at radius 3 is 2.57 bits per heavy atom. The molecule has 1 aromatic carbocycles. The molecule has 5 heteroatoms. The summed E-state index contributed by atoms with van der Waals surface area (Å²) in [5.74, 6) is 0.677. The number of aliphatic hydroxyl groups excluding tert-OH is 1. The molecule has 5 nitrogen and oxygen atoms in total. The number of piperidine rings is 1. The number of aliphatic imine (C=N–C) groups is 1. The molecule has 126 valence electrons. The molecule has 2 saturated heterocycles. The van der Waals surface area contributed by atoms with E-state index >= 15 is 0 Å². The Morgan fingerprint density at radius 2 is 1.87 bits per heavy atom. The monoisotopic (exact) mass is 316 g/mol. The van der Waals surface area contributed by atoms with Gasteiger partial charge in [0.1, 0.15) is 0 Å². The van der Waals surface area contributed by atoms with Gasteiger partial charge in [-0.15, -0.1) is 0 Å². The molecule has 1 unspecified atom stereocenters. The van der Waals surface area contributed by atoms with Gasteiger partial charge in [0.25, 0.3) is 0 Å². The highest BCUT2D eigenvalue weighted by atomic mass is 16.3. The highest BCUT2D eigenvalue weighted by molar-refractivity contribution is 5.78. The summed E-state index contributed by atoms with van der Waals surface area (Å²) in [6.07, 6.45) is 4.43. The average molecular weight is 316 g/mol. The third-order valence-electron chi connectivity index (χ3n) is 4.85. The van der Waals surface area contributed by atoms with Gasteiger partial charge in [-0.1, -0.05) is 24.3 Å². The van der Waals surface area contributed by atoms with E-state index in [4.69, 9.17) is 5.73 Å². The Morgan fingerprint density at radius 1 is 1.13 bits per heavy atom. The number of hydrogen-bond acceptors (Lipinski definition) is 3. The number of β-amino-alcohol motifs (C(OH)–C–C–N with tert-alkyl or cyclic N) is 1. The predicted octanol–water partition coefficient (Wildman–Crippen LogP) is 1.55. The smallest absolute Gasteiger partial charge is 0.191 e. The van der Waals surface area contributed by atoms with Gasteiger partial charge in [-0.05, 0) is 36.8 Å². The van der Waals surface area contributed by atoms with Crippen LogP contribution in [0.3, 0.4) is 0 Å². The number of likely N-dealkylation sites (tertiary alicyclic amines) is 2. The maximum absolute atomic E-state index is 9.68. The van der Waals surface area contributed by atoms with Crippen LogP contribution < -0.4 is 5.73 Å². The van der Waals surface area contributed by atoms with Gasteiger partial charge in [0.05, 0.1) is 12.6 Å². The van der Waals surface area contributed by atoms with E-state index in [2.05, 4.69) is 39.1 Å². The predicted molar refractivity (Wildman–Crippen MR) is 93.1 cm³/mol. The van der Waals surface area contributed by atoms with E-state index in [0.717, 1.165) is 39.1 Å². The summed E-state index contributed by atoms with van der Waals surface area (Å²) < 4.78 is 0. The number of nitrogens with two attached hydrogens (primary N) is 1. The van der Waals surface area contributed by atoms with Crippen molar-refractivity contribution in [2.24, 2.45) is 10.7 Å². The fourth-order valence-electron chi connectivity index (χ4n) is 3.45. The van der Waals surface area contributed by atoms with Gasteiger partial charge in [-0.2, -0.15) is 0 Å². The van der Waals surface area contributed by atoms with Crippen LogP contribution in [0.25, 0.3) is 0 Å². The van der Waals surface area contributed by atoms with Crippen molar-refractivity contribution in [3.05, 3.63) is 35.4 Å². The summed E-state index contributed by atoms with van der Waals surface area (Å²) in [6, 6.07) is 8.43. The molecule has 0 aliphatic carbocycles. The summed E-state index contributed by atoms with van der Waals surface area (Å²) >= 11 is 0. The molecule has 2 fully saturated rings. The van der Waals surface area contributed by atoms with Crippen molar-refractivity contribution in [1.82, 2.24) is 9.80 Å². The van der Waals surface area contributed by atoms with Crippen LogP contribution in [0.2, 0.25) is 0 Å². The zero-order chi connectivity index (χ0) is 16.1. The molecular formula is C18H28N4O. The Bertz CT molecular complexity index is 540. The lowest BCUT2D eigenvalue weighted by atomic mass is 10.1. The molecular weight excluding hydrogens is 288 g/mol. The van der Waals surface area contributed by atoms with Crippen LogP contribution >= 0.6 is 0 Å². The summed E-state index contributed by atoms with van der Waals surface area (Å²) in [5.41, 5.74) is 8.68. The molecule has 0 radical (unpaired) electrons. The normalized spacial score (nSPS) is 23.4. The maximum Gasteiger partial charge on any atom is 0.191 e. The van der Waals surface area contributed by atoms with Gasteiger partial charge in [0.2, 0.25) is 0 Å². The van der Waals surface area contributed by atoms with E-state index in [0.29, 0.717) is 12.5 Å². The Kier molecular flexibility index (Phi) is 5.51. The largest absolute Gasteiger partial charge is 0.392 e. The minimum atomic E-state index is -0.171. The molecule has 1 atom stereocenters. The molecule has 0 spiro atoms. The minimum Gasteiger partial charge on any atom is -0.392 e. The molecule has 2 aliphatic heterocycles. The van der Waals surface area contributed by atoms with E-state index in [9.17, 15) is 5.11 Å². The van der Waals surface area contributed by atoms with Crippen molar-refractivity contribution < 1.29 is 5.11 Å². The third-order valence-corrected chi connectivity index (χ3v) is 4.85. The van der Waals surface area contributed by atoms with E-state index in [1.54, 1.807) is 0 Å². The van der Waals surface area contributed by atoms with Crippen LogP contribution in [-0.4, -0.2) is 53.1 Å². The Balaban J connectivity index is 1.63. The lowest BCUT2D eigenvalue weighted by Gasteiger charge is -2.27. The van der Waals surface area contributed by atoms with Gasteiger partial charge >= 0.3 is 0 Å². The van der Waals surface area contributed by atoms with E-state index in [1.165, 1.54) is 30.4 Å². The number of benzene rings is 1. The minimum absolute atomic E-state index is 0.171. The first-order chi connectivity index (χ1) is 11.2. The zero-order valence-corrected chi connectivity index (χ0v) is 13.8. The van der Waals surface area contributed by atoms with Crippen LogP contribution in [0.5, 0.6) is 0 Å². The summed E-state index contributed by atoms with van der Waals surface area (Å²) in [7, 11) is 0. The summed E-state index contributed by atoms with van der Waals surface area (Å²) in [6.45, 7) is 5.31. The molecule has 3 rings (SSSR count). The SMILES string of the molecule is NC(=NCc1ccccc1CN1CCC(O)C1)N1CCCCC1. The first-order valence-corrected chi connectivity index (χ1v) is 8.74. The quantitative estimate of drug-likeness (QED) is 0.653. The Hall–Kier alpha value is -1.59. The van der Waals surface area contributed by atoms with Gasteiger partial charge in [-0.25, -0.2) is 4.99 Å². The molecule has 0 bridgehead atoms. The number of nitrogens with zero attached hydrogens (tertiary/aromatic N) is 3. The fourth-order valence-corrected chi connectivity index (χ4v) is 3.45. The van der Waals surface area contributed by atoms with Crippen LogP contribution in [0, 0.1) is 0 Å². The number of rotatable bonds is 4. The van der Waals surface area contributed by atoms with Crippen molar-refractivity contribution in [3.63, 3.8) is 0 Å². The van der Waals surface area contributed by atoms with E-state index < -0.39 is 0 Å². The second-order valence-electron chi connectivity index (χ2n) is 6.67. The van der Waals surface area contributed by atoms with Crippen LogP contribution in [0.1, 0.15) is 36.8 Å². The molecule has 3 N–H and O–H groups in total. The lowest BCUT2D eigenvalue weighted by molar-refractivity contribution is 0.174. The van der Waals surface area contributed by atoms with E-state index in [1.807, 2.05) is 0 Å².